The van der Waals surface area contributed by atoms with Gasteiger partial charge in [0.25, 0.3) is 0 Å². The fourth-order valence-corrected chi connectivity index (χ4v) is 3.94. The van der Waals surface area contributed by atoms with Gasteiger partial charge in [-0.2, -0.15) is 0 Å². The van der Waals surface area contributed by atoms with E-state index in [2.05, 4.69) is 11.1 Å². The van der Waals surface area contributed by atoms with Gasteiger partial charge in [0.2, 0.25) is 0 Å². The maximum Gasteiger partial charge on any atom is 0.0956 e. The molecule has 3 aromatic rings. The van der Waals surface area contributed by atoms with E-state index in [9.17, 15) is 0 Å². The first-order valence-electron chi connectivity index (χ1n) is 6.07. The fourth-order valence-electron chi connectivity index (χ4n) is 2.03. The van der Waals surface area contributed by atoms with Gasteiger partial charge in [0.05, 0.1) is 20.6 Å². The van der Waals surface area contributed by atoms with Crippen molar-refractivity contribution in [3.63, 3.8) is 0 Å². The van der Waals surface area contributed by atoms with E-state index in [1.54, 1.807) is 23.5 Å². The molecule has 0 radical (unpaired) electrons. The zero-order chi connectivity index (χ0) is 14.1. The summed E-state index contributed by atoms with van der Waals surface area (Å²) < 4.78 is 1.17. The normalized spacial score (nSPS) is 12.8. The third-order valence-corrected chi connectivity index (χ3v) is 5.01. The zero-order valence-electron chi connectivity index (χ0n) is 10.3. The lowest BCUT2D eigenvalue weighted by atomic mass is 10.1. The average Bonchev–Trinajstić information content (AvgIpc) is 2.83. The Morgan fingerprint density at radius 1 is 1.10 bits per heavy atom. The molecule has 2 aromatic carbocycles. The summed E-state index contributed by atoms with van der Waals surface area (Å²) in [4.78, 5) is 4.59. The van der Waals surface area contributed by atoms with Crippen LogP contribution in [0.4, 0.5) is 0 Å². The standard InChI is InChI=1S/C15H10Cl3NS/c16-9-5-6-11(17)10(7-9)12(18)8-15-19-13-3-1-2-4-14(13)20-15/h1-7,12H,8H2. The molecule has 0 aliphatic rings. The Bertz CT molecular complexity index is 721. The number of hydrogen-bond donors (Lipinski definition) is 0. The largest absolute Gasteiger partial charge is 0.241 e. The molecule has 0 amide bonds. The lowest BCUT2D eigenvalue weighted by Gasteiger charge is -2.10. The Balaban J connectivity index is 1.88. The van der Waals surface area contributed by atoms with Gasteiger partial charge in [-0.25, -0.2) is 4.98 Å². The van der Waals surface area contributed by atoms with Crippen molar-refractivity contribution in [2.24, 2.45) is 0 Å². The molecule has 1 unspecified atom stereocenters. The molecule has 0 N–H and O–H groups in total. The number of alkyl halides is 1. The lowest BCUT2D eigenvalue weighted by molar-refractivity contribution is 0.911. The molecule has 1 aromatic heterocycles. The van der Waals surface area contributed by atoms with Crippen LogP contribution < -0.4 is 0 Å². The highest BCUT2D eigenvalue weighted by atomic mass is 35.5. The first-order valence-corrected chi connectivity index (χ1v) is 8.08. The molecule has 0 spiro atoms. The Morgan fingerprint density at radius 3 is 2.70 bits per heavy atom. The van der Waals surface area contributed by atoms with Gasteiger partial charge >= 0.3 is 0 Å². The summed E-state index contributed by atoms with van der Waals surface area (Å²) in [5.74, 6) is 0. The number of benzene rings is 2. The molecule has 1 nitrogen and oxygen atoms in total. The number of hydrogen-bond acceptors (Lipinski definition) is 2. The highest BCUT2D eigenvalue weighted by Gasteiger charge is 2.15. The minimum atomic E-state index is -0.234. The van der Waals surface area contributed by atoms with Crippen LogP contribution in [-0.4, -0.2) is 4.98 Å². The second kappa shape index (κ2) is 5.90. The quantitative estimate of drug-likeness (QED) is 0.522. The molecule has 20 heavy (non-hydrogen) atoms. The Hall–Kier alpha value is -0.800. The SMILES string of the molecule is Clc1ccc(Cl)c(C(Cl)Cc2nc3ccccc3s2)c1. The van der Waals surface area contributed by atoms with Gasteiger partial charge in [-0.3, -0.25) is 0 Å². The molecular weight excluding hydrogens is 333 g/mol. The van der Waals surface area contributed by atoms with Gasteiger partial charge in [-0.05, 0) is 35.9 Å². The van der Waals surface area contributed by atoms with Crippen LogP contribution in [0.15, 0.2) is 42.5 Å². The number of para-hydroxylation sites is 1. The molecule has 5 heteroatoms. The molecule has 102 valence electrons. The van der Waals surface area contributed by atoms with E-state index in [4.69, 9.17) is 34.8 Å². The van der Waals surface area contributed by atoms with Crippen LogP contribution in [0.25, 0.3) is 10.2 Å². The molecule has 0 saturated heterocycles. The maximum atomic E-state index is 6.47. The topological polar surface area (TPSA) is 12.9 Å². The third-order valence-electron chi connectivity index (χ3n) is 2.99. The van der Waals surface area contributed by atoms with Crippen molar-refractivity contribution in [3.8, 4) is 0 Å². The molecule has 0 bridgehead atoms. The van der Waals surface area contributed by atoms with Crippen molar-refractivity contribution in [3.05, 3.63) is 63.1 Å². The minimum Gasteiger partial charge on any atom is -0.241 e. The first kappa shape index (κ1) is 14.2. The molecule has 0 aliphatic carbocycles. The van der Waals surface area contributed by atoms with Crippen LogP contribution in [0, 0.1) is 0 Å². The molecule has 0 fully saturated rings. The van der Waals surface area contributed by atoms with Crippen molar-refractivity contribution < 1.29 is 0 Å². The summed E-state index contributed by atoms with van der Waals surface area (Å²) in [6.07, 6.45) is 0.640. The van der Waals surface area contributed by atoms with Gasteiger partial charge in [0.15, 0.2) is 0 Å². The summed E-state index contributed by atoms with van der Waals surface area (Å²) in [6, 6.07) is 13.4. The number of rotatable bonds is 3. The molecular formula is C15H10Cl3NS. The van der Waals surface area contributed by atoms with Crippen LogP contribution in [0.5, 0.6) is 0 Å². The van der Waals surface area contributed by atoms with E-state index in [0.29, 0.717) is 16.5 Å². The molecule has 0 saturated carbocycles. The van der Waals surface area contributed by atoms with Crippen LogP contribution in [0.1, 0.15) is 15.9 Å². The highest BCUT2D eigenvalue weighted by Crippen LogP contribution is 2.34. The van der Waals surface area contributed by atoms with Crippen molar-refractivity contribution in [1.82, 2.24) is 4.98 Å². The van der Waals surface area contributed by atoms with Gasteiger partial charge in [0.1, 0.15) is 0 Å². The molecule has 1 atom stereocenters. The van der Waals surface area contributed by atoms with Crippen molar-refractivity contribution in [1.29, 1.82) is 0 Å². The Labute approximate surface area is 136 Å². The maximum absolute atomic E-state index is 6.47. The number of thiazole rings is 1. The predicted molar refractivity (Wildman–Crippen MR) is 88.4 cm³/mol. The highest BCUT2D eigenvalue weighted by molar-refractivity contribution is 7.18. The molecule has 1 heterocycles. The summed E-state index contributed by atoms with van der Waals surface area (Å²) in [6.45, 7) is 0. The van der Waals surface area contributed by atoms with Gasteiger partial charge in [-0.15, -0.1) is 22.9 Å². The molecule has 0 aliphatic heterocycles. The first-order chi connectivity index (χ1) is 9.63. The second-order valence-electron chi connectivity index (χ2n) is 4.41. The zero-order valence-corrected chi connectivity index (χ0v) is 13.4. The van der Waals surface area contributed by atoms with Crippen LogP contribution in [0.2, 0.25) is 10.0 Å². The van der Waals surface area contributed by atoms with E-state index in [0.717, 1.165) is 16.1 Å². The van der Waals surface area contributed by atoms with Crippen molar-refractivity contribution >= 4 is 56.4 Å². The number of fused-ring (bicyclic) bond motifs is 1. The van der Waals surface area contributed by atoms with Gasteiger partial charge in [0, 0.05) is 16.5 Å². The summed E-state index contributed by atoms with van der Waals surface area (Å²) >= 11 is 20.3. The fraction of sp³-hybridized carbons (Fsp3) is 0.133. The monoisotopic (exact) mass is 341 g/mol. The average molecular weight is 343 g/mol. The van der Waals surface area contributed by atoms with E-state index >= 15 is 0 Å². The predicted octanol–water partition coefficient (Wildman–Crippen LogP) is 6.13. The summed E-state index contributed by atoms with van der Waals surface area (Å²) in [5, 5.41) is 2.04. The second-order valence-corrected chi connectivity index (χ2v) is 6.90. The van der Waals surface area contributed by atoms with Crippen molar-refractivity contribution in [2.45, 2.75) is 11.8 Å². The van der Waals surface area contributed by atoms with E-state index in [1.807, 2.05) is 24.3 Å². The van der Waals surface area contributed by atoms with E-state index in [1.165, 1.54) is 4.70 Å². The van der Waals surface area contributed by atoms with E-state index in [-0.39, 0.29) is 5.38 Å². The van der Waals surface area contributed by atoms with Crippen molar-refractivity contribution in [2.75, 3.05) is 0 Å². The van der Waals surface area contributed by atoms with Crippen LogP contribution >= 0.6 is 46.1 Å². The van der Waals surface area contributed by atoms with Gasteiger partial charge in [-0.1, -0.05) is 35.3 Å². The molecule has 3 rings (SSSR count). The Kier molecular flexibility index (Phi) is 4.18. The van der Waals surface area contributed by atoms with Gasteiger partial charge < -0.3 is 0 Å². The third kappa shape index (κ3) is 2.94. The number of nitrogens with zero attached hydrogens (tertiary/aromatic N) is 1. The van der Waals surface area contributed by atoms with Crippen LogP contribution in [0.3, 0.4) is 0 Å². The number of halogens is 3. The van der Waals surface area contributed by atoms with Crippen LogP contribution in [-0.2, 0) is 6.42 Å². The summed E-state index contributed by atoms with van der Waals surface area (Å²) in [5.41, 5.74) is 1.86. The summed E-state index contributed by atoms with van der Waals surface area (Å²) in [7, 11) is 0. The number of aromatic nitrogens is 1. The van der Waals surface area contributed by atoms with E-state index < -0.39 is 0 Å². The smallest absolute Gasteiger partial charge is 0.0956 e. The minimum absolute atomic E-state index is 0.234. The Morgan fingerprint density at radius 2 is 1.90 bits per heavy atom. The lowest BCUT2D eigenvalue weighted by Crippen LogP contribution is -1.96.